The lowest BCUT2D eigenvalue weighted by atomic mass is 10.0. The minimum absolute atomic E-state index is 0.0551. The fraction of sp³-hybridized carbons (Fsp3) is 0.529. The lowest BCUT2D eigenvalue weighted by molar-refractivity contribution is 0.0789. The number of piperidine rings is 1. The summed E-state index contributed by atoms with van der Waals surface area (Å²) in [5.41, 5.74) is 2.05. The van der Waals surface area contributed by atoms with E-state index in [4.69, 9.17) is 4.74 Å². The summed E-state index contributed by atoms with van der Waals surface area (Å²) in [5.74, 6) is 1.09. The molecule has 2 aliphatic rings. The molecule has 1 fully saturated rings. The summed E-state index contributed by atoms with van der Waals surface area (Å²) in [4.78, 5) is 19.0. The van der Waals surface area contributed by atoms with Gasteiger partial charge in [-0.15, -0.1) is 0 Å². The van der Waals surface area contributed by atoms with Crippen molar-refractivity contribution in [3.63, 3.8) is 0 Å². The van der Waals surface area contributed by atoms with Crippen LogP contribution in [0.5, 0.6) is 0 Å². The Morgan fingerprint density at radius 3 is 3.04 bits per heavy atom. The van der Waals surface area contributed by atoms with Crippen LogP contribution in [-0.4, -0.2) is 46.1 Å². The normalized spacial score (nSPS) is 19.2. The van der Waals surface area contributed by atoms with Gasteiger partial charge in [0.15, 0.2) is 0 Å². The van der Waals surface area contributed by atoms with Gasteiger partial charge >= 0.3 is 0 Å². The van der Waals surface area contributed by atoms with Crippen LogP contribution < -0.4 is 5.32 Å². The average Bonchev–Trinajstić information content (AvgIpc) is 3.27. The van der Waals surface area contributed by atoms with Gasteiger partial charge in [0.25, 0.3) is 5.91 Å². The maximum atomic E-state index is 12.1. The van der Waals surface area contributed by atoms with Crippen LogP contribution in [-0.2, 0) is 24.4 Å². The van der Waals surface area contributed by atoms with Gasteiger partial charge in [-0.1, -0.05) is 0 Å². The maximum absolute atomic E-state index is 12.1. The van der Waals surface area contributed by atoms with Crippen LogP contribution in [0.15, 0.2) is 23.0 Å². The molecule has 0 bridgehead atoms. The number of rotatable bonds is 4. The first-order chi connectivity index (χ1) is 11.8. The molecule has 2 aromatic rings. The molecule has 4 rings (SSSR count). The standard InChI is InChI=1S/C17H22N4O2S/c22-17(13-3-8-24-12-13)19-14-1-4-20(5-2-14)10-15-9-18-16-11-23-7-6-21(15)16/h3,8-9,12,14H,1-2,4-7,10-11H2,(H,19,22). The molecule has 7 heteroatoms. The Morgan fingerprint density at radius 2 is 2.25 bits per heavy atom. The lowest BCUT2D eigenvalue weighted by Crippen LogP contribution is -2.44. The molecule has 24 heavy (non-hydrogen) atoms. The fourth-order valence-corrected chi connectivity index (χ4v) is 4.05. The first kappa shape index (κ1) is 15.8. The number of aromatic nitrogens is 2. The third-order valence-electron chi connectivity index (χ3n) is 4.80. The van der Waals surface area contributed by atoms with Gasteiger partial charge in [-0.2, -0.15) is 11.3 Å². The van der Waals surface area contributed by atoms with Crippen LogP contribution in [0.2, 0.25) is 0 Å². The summed E-state index contributed by atoms with van der Waals surface area (Å²) in [6.45, 7) is 5.23. The molecule has 1 N–H and O–H groups in total. The SMILES string of the molecule is O=C(NC1CCN(Cc2cnc3n2CCOC3)CC1)c1ccsc1. The third-order valence-corrected chi connectivity index (χ3v) is 5.49. The van der Waals surface area contributed by atoms with Crippen molar-refractivity contribution < 1.29 is 9.53 Å². The van der Waals surface area contributed by atoms with Gasteiger partial charge in [-0.25, -0.2) is 4.98 Å². The Labute approximate surface area is 145 Å². The minimum Gasteiger partial charge on any atom is -0.372 e. The lowest BCUT2D eigenvalue weighted by Gasteiger charge is -2.32. The topological polar surface area (TPSA) is 59.4 Å². The third kappa shape index (κ3) is 3.38. The number of nitrogens with one attached hydrogen (secondary N) is 1. The molecule has 1 saturated heterocycles. The number of likely N-dealkylation sites (tertiary alicyclic amines) is 1. The summed E-state index contributed by atoms with van der Waals surface area (Å²) in [7, 11) is 0. The number of imidazole rings is 1. The number of amides is 1. The highest BCUT2D eigenvalue weighted by molar-refractivity contribution is 7.08. The van der Waals surface area contributed by atoms with Gasteiger partial charge in [-0.05, 0) is 24.3 Å². The Bertz CT molecular complexity index is 690. The predicted molar refractivity (Wildman–Crippen MR) is 92.0 cm³/mol. The van der Waals surface area contributed by atoms with Crippen molar-refractivity contribution in [2.45, 2.75) is 38.6 Å². The van der Waals surface area contributed by atoms with E-state index in [0.717, 1.165) is 57.0 Å². The Morgan fingerprint density at radius 1 is 1.38 bits per heavy atom. The molecule has 0 saturated carbocycles. The van der Waals surface area contributed by atoms with Crippen molar-refractivity contribution in [1.29, 1.82) is 0 Å². The van der Waals surface area contributed by atoms with Crippen molar-refractivity contribution in [2.24, 2.45) is 0 Å². The number of hydrogen-bond donors (Lipinski definition) is 1. The first-order valence-corrected chi connectivity index (χ1v) is 9.40. The zero-order valence-electron chi connectivity index (χ0n) is 13.6. The molecule has 0 aliphatic carbocycles. The second-order valence-corrected chi connectivity index (χ2v) is 7.19. The number of fused-ring (bicyclic) bond motifs is 1. The summed E-state index contributed by atoms with van der Waals surface area (Å²) < 4.78 is 7.73. The molecular weight excluding hydrogens is 324 g/mol. The minimum atomic E-state index is 0.0551. The molecule has 2 aliphatic heterocycles. The van der Waals surface area contributed by atoms with Gasteiger partial charge in [-0.3, -0.25) is 9.69 Å². The molecular formula is C17H22N4O2S. The van der Waals surface area contributed by atoms with Crippen LogP contribution >= 0.6 is 11.3 Å². The van der Waals surface area contributed by atoms with E-state index in [-0.39, 0.29) is 11.9 Å². The van der Waals surface area contributed by atoms with Crippen LogP contribution in [0, 0.1) is 0 Å². The molecule has 128 valence electrons. The average molecular weight is 346 g/mol. The van der Waals surface area contributed by atoms with E-state index < -0.39 is 0 Å². The van der Waals surface area contributed by atoms with Gasteiger partial charge in [0.2, 0.25) is 0 Å². The van der Waals surface area contributed by atoms with E-state index in [1.807, 2.05) is 23.0 Å². The molecule has 2 aromatic heterocycles. The number of hydrogen-bond acceptors (Lipinski definition) is 5. The zero-order chi connectivity index (χ0) is 16.4. The van der Waals surface area contributed by atoms with Crippen LogP contribution in [0.4, 0.5) is 0 Å². The van der Waals surface area contributed by atoms with Crippen molar-refractivity contribution in [3.05, 3.63) is 40.1 Å². The van der Waals surface area contributed by atoms with Crippen molar-refractivity contribution in [2.75, 3.05) is 19.7 Å². The Kier molecular flexibility index (Phi) is 4.64. The number of thiophene rings is 1. The van der Waals surface area contributed by atoms with Gasteiger partial charge in [0.05, 0.1) is 12.3 Å². The molecule has 0 aromatic carbocycles. The Balaban J connectivity index is 1.29. The summed E-state index contributed by atoms with van der Waals surface area (Å²) in [5, 5.41) is 7.00. The van der Waals surface area contributed by atoms with Crippen LogP contribution in [0.3, 0.4) is 0 Å². The van der Waals surface area contributed by atoms with E-state index in [0.29, 0.717) is 6.61 Å². The number of nitrogens with zero attached hydrogens (tertiary/aromatic N) is 3. The number of carbonyl (C=O) groups is 1. The summed E-state index contributed by atoms with van der Waals surface area (Å²) in [6.07, 6.45) is 3.98. The van der Waals surface area contributed by atoms with Gasteiger partial charge < -0.3 is 14.6 Å². The first-order valence-electron chi connectivity index (χ1n) is 8.46. The van der Waals surface area contributed by atoms with E-state index >= 15 is 0 Å². The van der Waals surface area contributed by atoms with E-state index in [1.165, 1.54) is 5.69 Å². The largest absolute Gasteiger partial charge is 0.372 e. The molecule has 1 amide bonds. The molecule has 0 radical (unpaired) electrons. The van der Waals surface area contributed by atoms with E-state index in [2.05, 4.69) is 19.8 Å². The molecule has 4 heterocycles. The molecule has 0 unspecified atom stereocenters. The summed E-state index contributed by atoms with van der Waals surface area (Å²) in [6, 6.07) is 2.16. The maximum Gasteiger partial charge on any atom is 0.252 e. The van der Waals surface area contributed by atoms with Crippen LogP contribution in [0.1, 0.15) is 34.7 Å². The summed E-state index contributed by atoms with van der Waals surface area (Å²) >= 11 is 1.56. The highest BCUT2D eigenvalue weighted by Crippen LogP contribution is 2.17. The van der Waals surface area contributed by atoms with Crippen molar-refractivity contribution in [1.82, 2.24) is 19.8 Å². The smallest absolute Gasteiger partial charge is 0.252 e. The second-order valence-electron chi connectivity index (χ2n) is 6.41. The highest BCUT2D eigenvalue weighted by atomic mass is 32.1. The highest BCUT2D eigenvalue weighted by Gasteiger charge is 2.23. The fourth-order valence-electron chi connectivity index (χ4n) is 3.41. The number of carbonyl (C=O) groups excluding carboxylic acids is 1. The van der Waals surface area contributed by atoms with E-state index in [1.54, 1.807) is 11.3 Å². The number of ether oxygens (including phenoxy) is 1. The quantitative estimate of drug-likeness (QED) is 0.918. The monoisotopic (exact) mass is 346 g/mol. The van der Waals surface area contributed by atoms with E-state index in [9.17, 15) is 4.79 Å². The predicted octanol–water partition coefficient (Wildman–Crippen LogP) is 1.87. The van der Waals surface area contributed by atoms with Crippen molar-refractivity contribution >= 4 is 17.2 Å². The van der Waals surface area contributed by atoms with Crippen LogP contribution in [0.25, 0.3) is 0 Å². The van der Waals surface area contributed by atoms with Gasteiger partial charge in [0, 0.05) is 49.4 Å². The Hall–Kier alpha value is -1.70. The molecule has 6 nitrogen and oxygen atoms in total. The zero-order valence-corrected chi connectivity index (χ0v) is 14.4. The molecule has 0 spiro atoms. The molecule has 0 atom stereocenters. The second kappa shape index (κ2) is 7.04. The van der Waals surface area contributed by atoms with Crippen molar-refractivity contribution in [3.8, 4) is 0 Å². The van der Waals surface area contributed by atoms with Gasteiger partial charge in [0.1, 0.15) is 12.4 Å².